The molecule has 0 radical (unpaired) electrons. The van der Waals surface area contributed by atoms with Crippen molar-refractivity contribution in [3.63, 3.8) is 0 Å². The van der Waals surface area contributed by atoms with Crippen LogP contribution in [0.1, 0.15) is 19.8 Å². The third-order valence-corrected chi connectivity index (χ3v) is 4.21. The zero-order chi connectivity index (χ0) is 13.2. The first kappa shape index (κ1) is 13.8. The van der Waals surface area contributed by atoms with E-state index in [0.29, 0.717) is 19.1 Å². The van der Waals surface area contributed by atoms with Gasteiger partial charge in [0.15, 0.2) is 0 Å². The van der Waals surface area contributed by atoms with Gasteiger partial charge in [-0.05, 0) is 25.7 Å². The van der Waals surface area contributed by atoms with Crippen LogP contribution in [0.5, 0.6) is 0 Å². The van der Waals surface area contributed by atoms with Crippen LogP contribution in [0.2, 0.25) is 0 Å². The van der Waals surface area contributed by atoms with E-state index in [-0.39, 0.29) is 11.9 Å². The van der Waals surface area contributed by atoms with Gasteiger partial charge in [0.25, 0.3) is 0 Å². The predicted octanol–water partition coefficient (Wildman–Crippen LogP) is 0.235. The summed E-state index contributed by atoms with van der Waals surface area (Å²) in [5, 5.41) is 0. The van der Waals surface area contributed by atoms with Crippen LogP contribution in [0.4, 0.5) is 0 Å². The van der Waals surface area contributed by atoms with Crippen LogP contribution in [0.15, 0.2) is 0 Å². The molecular formula is C13H24N2O3. The first-order chi connectivity index (χ1) is 8.58. The summed E-state index contributed by atoms with van der Waals surface area (Å²) in [6, 6.07) is -0.187. The summed E-state index contributed by atoms with van der Waals surface area (Å²) >= 11 is 0. The summed E-state index contributed by atoms with van der Waals surface area (Å²) in [4.78, 5) is 14.6. The number of nitrogens with zero attached hydrogens (tertiary/aromatic N) is 1. The molecule has 1 amide bonds. The molecule has 0 aliphatic carbocycles. The van der Waals surface area contributed by atoms with Crippen LogP contribution in [-0.4, -0.2) is 56.9 Å². The second-order valence-electron chi connectivity index (χ2n) is 5.75. The predicted molar refractivity (Wildman–Crippen MR) is 68.1 cm³/mol. The smallest absolute Gasteiger partial charge is 0.232 e. The highest BCUT2D eigenvalue weighted by molar-refractivity contribution is 5.83. The fourth-order valence-electron chi connectivity index (χ4n) is 2.89. The van der Waals surface area contributed by atoms with Gasteiger partial charge in [0, 0.05) is 26.2 Å². The summed E-state index contributed by atoms with van der Waals surface area (Å²) in [6.45, 7) is 5.20. The van der Waals surface area contributed by atoms with Crippen LogP contribution in [0.25, 0.3) is 0 Å². The molecule has 2 aliphatic rings. The number of carbonyl (C=O) groups is 1. The minimum atomic E-state index is -0.547. The summed E-state index contributed by atoms with van der Waals surface area (Å²) < 4.78 is 10.6. The molecule has 3 atom stereocenters. The Kier molecular flexibility index (Phi) is 4.25. The maximum absolute atomic E-state index is 12.6. The van der Waals surface area contributed by atoms with Crippen molar-refractivity contribution >= 4 is 5.91 Å². The van der Waals surface area contributed by atoms with Gasteiger partial charge in [-0.1, -0.05) is 0 Å². The molecule has 0 bridgehead atoms. The summed E-state index contributed by atoms with van der Waals surface area (Å²) in [5.41, 5.74) is 5.47. The standard InChI is InChI=1S/C13H24N2O3/c1-13(9-18-8-11(13)14)12(16)15-5-3-4-10(6-15)7-17-2/h10-11H,3-9,14H2,1-2H3. The van der Waals surface area contributed by atoms with Crippen molar-refractivity contribution in [1.82, 2.24) is 4.90 Å². The van der Waals surface area contributed by atoms with Crippen molar-refractivity contribution in [2.75, 3.05) is 40.0 Å². The number of ether oxygens (including phenoxy) is 2. The topological polar surface area (TPSA) is 64.8 Å². The monoisotopic (exact) mass is 256 g/mol. The maximum atomic E-state index is 12.6. The van der Waals surface area contributed by atoms with Crippen LogP contribution in [0, 0.1) is 11.3 Å². The number of amides is 1. The highest BCUT2D eigenvalue weighted by Gasteiger charge is 2.46. The largest absolute Gasteiger partial charge is 0.384 e. The van der Waals surface area contributed by atoms with Gasteiger partial charge in [0.1, 0.15) is 0 Å². The molecule has 2 rings (SSSR count). The molecule has 5 nitrogen and oxygen atoms in total. The van der Waals surface area contributed by atoms with E-state index in [2.05, 4.69) is 0 Å². The van der Waals surface area contributed by atoms with Crippen molar-refractivity contribution < 1.29 is 14.3 Å². The quantitative estimate of drug-likeness (QED) is 0.785. The first-order valence-corrected chi connectivity index (χ1v) is 6.69. The third kappa shape index (κ3) is 2.53. The zero-order valence-corrected chi connectivity index (χ0v) is 11.4. The molecule has 2 aliphatic heterocycles. The Morgan fingerprint density at radius 1 is 1.61 bits per heavy atom. The van der Waals surface area contributed by atoms with Crippen molar-refractivity contribution in [3.8, 4) is 0 Å². The number of piperidine rings is 1. The van der Waals surface area contributed by atoms with Crippen LogP contribution < -0.4 is 5.73 Å². The molecule has 3 unspecified atom stereocenters. The zero-order valence-electron chi connectivity index (χ0n) is 11.4. The third-order valence-electron chi connectivity index (χ3n) is 4.21. The second kappa shape index (κ2) is 5.55. The fraction of sp³-hybridized carbons (Fsp3) is 0.923. The minimum absolute atomic E-state index is 0.147. The van der Waals surface area contributed by atoms with E-state index in [4.69, 9.17) is 15.2 Å². The Hall–Kier alpha value is -0.650. The molecule has 104 valence electrons. The maximum Gasteiger partial charge on any atom is 0.232 e. The van der Waals surface area contributed by atoms with Gasteiger partial charge in [0.05, 0.1) is 25.2 Å². The van der Waals surface area contributed by atoms with E-state index < -0.39 is 5.41 Å². The highest BCUT2D eigenvalue weighted by Crippen LogP contribution is 2.31. The molecule has 0 spiro atoms. The fourth-order valence-corrected chi connectivity index (χ4v) is 2.89. The van der Waals surface area contributed by atoms with Crippen molar-refractivity contribution in [2.45, 2.75) is 25.8 Å². The SMILES string of the molecule is COCC1CCCN(C(=O)C2(C)COCC2N)C1. The average molecular weight is 256 g/mol. The van der Waals surface area contributed by atoms with E-state index in [1.54, 1.807) is 7.11 Å². The Balaban J connectivity index is 2.00. The molecule has 2 fully saturated rings. The van der Waals surface area contributed by atoms with Crippen LogP contribution in [0.3, 0.4) is 0 Å². The lowest BCUT2D eigenvalue weighted by atomic mass is 9.83. The average Bonchev–Trinajstić information content (AvgIpc) is 2.71. The lowest BCUT2D eigenvalue weighted by Crippen LogP contribution is -2.54. The minimum Gasteiger partial charge on any atom is -0.384 e. The van der Waals surface area contributed by atoms with Gasteiger partial charge in [-0.25, -0.2) is 0 Å². The number of hydrogen-bond acceptors (Lipinski definition) is 4. The summed E-state index contributed by atoms with van der Waals surface area (Å²) in [6.07, 6.45) is 2.18. The van der Waals surface area contributed by atoms with Gasteiger partial charge >= 0.3 is 0 Å². The number of nitrogens with two attached hydrogens (primary N) is 1. The van der Waals surface area contributed by atoms with Crippen molar-refractivity contribution in [1.29, 1.82) is 0 Å². The summed E-state index contributed by atoms with van der Waals surface area (Å²) in [7, 11) is 1.71. The van der Waals surface area contributed by atoms with Gasteiger partial charge in [-0.15, -0.1) is 0 Å². The first-order valence-electron chi connectivity index (χ1n) is 6.69. The Morgan fingerprint density at radius 2 is 2.39 bits per heavy atom. The number of carbonyl (C=O) groups excluding carboxylic acids is 1. The van der Waals surface area contributed by atoms with E-state index in [0.717, 1.165) is 32.5 Å². The van der Waals surface area contributed by atoms with Gasteiger partial charge in [0.2, 0.25) is 5.91 Å². The van der Waals surface area contributed by atoms with Gasteiger partial charge in [-0.3, -0.25) is 4.79 Å². The highest BCUT2D eigenvalue weighted by atomic mass is 16.5. The number of methoxy groups -OCH3 is 1. The molecule has 0 saturated carbocycles. The Morgan fingerprint density at radius 3 is 3.00 bits per heavy atom. The molecule has 18 heavy (non-hydrogen) atoms. The summed E-state index contributed by atoms with van der Waals surface area (Å²) in [5.74, 6) is 0.600. The molecule has 0 aromatic carbocycles. The number of hydrogen-bond donors (Lipinski definition) is 1. The van der Waals surface area contributed by atoms with E-state index >= 15 is 0 Å². The molecule has 2 N–H and O–H groups in total. The van der Waals surface area contributed by atoms with Crippen LogP contribution in [-0.2, 0) is 14.3 Å². The molecule has 2 saturated heterocycles. The van der Waals surface area contributed by atoms with Gasteiger partial charge in [-0.2, -0.15) is 0 Å². The van der Waals surface area contributed by atoms with E-state index in [9.17, 15) is 4.79 Å². The lowest BCUT2D eigenvalue weighted by Gasteiger charge is -2.38. The molecule has 2 heterocycles. The lowest BCUT2D eigenvalue weighted by molar-refractivity contribution is -0.144. The molecule has 5 heteroatoms. The normalized spacial score (nSPS) is 36.9. The van der Waals surface area contributed by atoms with Crippen molar-refractivity contribution in [2.24, 2.45) is 17.1 Å². The van der Waals surface area contributed by atoms with E-state index in [1.807, 2.05) is 11.8 Å². The molecular weight excluding hydrogens is 232 g/mol. The van der Waals surface area contributed by atoms with E-state index in [1.165, 1.54) is 0 Å². The molecule has 0 aromatic heterocycles. The second-order valence-corrected chi connectivity index (χ2v) is 5.75. The molecule has 0 aromatic rings. The van der Waals surface area contributed by atoms with Gasteiger partial charge < -0.3 is 20.1 Å². The van der Waals surface area contributed by atoms with Crippen molar-refractivity contribution in [3.05, 3.63) is 0 Å². The van der Waals surface area contributed by atoms with Crippen LogP contribution >= 0.6 is 0 Å². The number of likely N-dealkylation sites (tertiary alicyclic amines) is 1. The Bertz CT molecular complexity index is 309. The Labute approximate surface area is 109 Å². The number of rotatable bonds is 3.